The van der Waals surface area contributed by atoms with E-state index in [1.54, 1.807) is 52.0 Å². The number of nitrogens with zero attached hydrogens (tertiary/aromatic N) is 2. The van der Waals surface area contributed by atoms with Crippen LogP contribution in [-0.4, -0.2) is 72.8 Å². The molecule has 2 aliphatic heterocycles. The van der Waals surface area contributed by atoms with Gasteiger partial charge in [-0.05, 0) is 33.8 Å². The van der Waals surface area contributed by atoms with Crippen molar-refractivity contribution < 1.29 is 38.1 Å². The lowest BCUT2D eigenvalue weighted by molar-refractivity contribution is -0.158. The maximum absolute atomic E-state index is 13.2. The van der Waals surface area contributed by atoms with E-state index in [0.29, 0.717) is 16.8 Å². The lowest BCUT2D eigenvalue weighted by Gasteiger charge is -2.44. The monoisotopic (exact) mass is 461 g/mol. The Hall–Kier alpha value is -3.76. The minimum atomic E-state index is -1.63. The smallest absolute Gasteiger partial charge is 0.431 e. The summed E-state index contributed by atoms with van der Waals surface area (Å²) in [5.41, 5.74) is 1.38. The maximum Gasteiger partial charge on any atom is 0.431 e. The van der Waals surface area contributed by atoms with Crippen LogP contribution in [0.15, 0.2) is 29.8 Å². The zero-order valence-corrected chi connectivity index (χ0v) is 19.0. The molecule has 0 unspecified atom stereocenters. The van der Waals surface area contributed by atoms with Crippen molar-refractivity contribution in [3.63, 3.8) is 0 Å². The SMILES string of the molecule is CCOC(=O)C1=C2c3ccccc3N[C@H]2N(C(=O)OCC)N(C(=O)OCC)[C@H]1C(=O)OCC. The molecule has 11 nitrogen and oxygen atoms in total. The standard InChI is InChI=1S/C22H27N3O8/c1-5-30-19(26)16-15-13-11-9-10-12-14(13)23-18(15)25(22(29)33-8-4)24(21(28)32-7-3)17(16)20(27)31-6-2/h9-12,17-18,23H,5-8H2,1-4H3/t17-,18+/m1/s1. The van der Waals surface area contributed by atoms with E-state index in [0.717, 1.165) is 10.0 Å². The van der Waals surface area contributed by atoms with Gasteiger partial charge in [-0.25, -0.2) is 19.2 Å². The van der Waals surface area contributed by atoms with Crippen LogP contribution in [0.25, 0.3) is 5.57 Å². The number of ether oxygens (including phenoxy) is 4. The van der Waals surface area contributed by atoms with E-state index in [1.165, 1.54) is 0 Å². The molecule has 1 aromatic rings. The summed E-state index contributed by atoms with van der Waals surface area (Å²) in [4.78, 5) is 52.4. The highest BCUT2D eigenvalue weighted by molar-refractivity contribution is 6.10. The van der Waals surface area contributed by atoms with Gasteiger partial charge >= 0.3 is 24.1 Å². The number of esters is 2. The molecule has 0 saturated heterocycles. The van der Waals surface area contributed by atoms with Gasteiger partial charge in [0.2, 0.25) is 0 Å². The minimum absolute atomic E-state index is 0.0134. The highest BCUT2D eigenvalue weighted by atomic mass is 16.6. The van der Waals surface area contributed by atoms with Crippen LogP contribution in [0.3, 0.4) is 0 Å². The number of para-hydroxylation sites is 1. The number of hydrogen-bond acceptors (Lipinski definition) is 9. The van der Waals surface area contributed by atoms with Gasteiger partial charge in [0.05, 0.1) is 32.0 Å². The van der Waals surface area contributed by atoms with Crippen molar-refractivity contribution in [2.24, 2.45) is 0 Å². The van der Waals surface area contributed by atoms with Gasteiger partial charge in [-0.2, -0.15) is 10.0 Å². The Morgan fingerprint density at radius 2 is 1.39 bits per heavy atom. The molecule has 0 fully saturated rings. The Labute approximate surface area is 191 Å². The van der Waals surface area contributed by atoms with Gasteiger partial charge in [0.15, 0.2) is 12.2 Å². The summed E-state index contributed by atoms with van der Waals surface area (Å²) in [6.07, 6.45) is -2.97. The van der Waals surface area contributed by atoms with Crippen LogP contribution >= 0.6 is 0 Å². The summed E-state index contributed by atoms with van der Waals surface area (Å²) in [6, 6.07) is 5.38. The van der Waals surface area contributed by atoms with Crippen LogP contribution in [0.2, 0.25) is 0 Å². The Morgan fingerprint density at radius 3 is 2.00 bits per heavy atom. The lowest BCUT2D eigenvalue weighted by atomic mass is 9.91. The van der Waals surface area contributed by atoms with Gasteiger partial charge in [0, 0.05) is 16.8 Å². The molecule has 2 aliphatic rings. The number of rotatable bonds is 6. The first-order valence-electron chi connectivity index (χ1n) is 10.8. The van der Waals surface area contributed by atoms with Crippen LogP contribution in [0.5, 0.6) is 0 Å². The topological polar surface area (TPSA) is 124 Å². The van der Waals surface area contributed by atoms with Gasteiger partial charge in [0.25, 0.3) is 0 Å². The molecule has 178 valence electrons. The third-order valence-electron chi connectivity index (χ3n) is 4.98. The lowest BCUT2D eigenvalue weighted by Crippen LogP contribution is -2.66. The third-order valence-corrected chi connectivity index (χ3v) is 4.98. The van der Waals surface area contributed by atoms with Crippen LogP contribution in [0, 0.1) is 0 Å². The van der Waals surface area contributed by atoms with Crippen LogP contribution in [0.1, 0.15) is 33.3 Å². The zero-order valence-electron chi connectivity index (χ0n) is 19.0. The average Bonchev–Trinajstić information content (AvgIpc) is 3.17. The Bertz CT molecular complexity index is 976. The molecule has 11 heteroatoms. The Kier molecular flexibility index (Phi) is 7.41. The summed E-state index contributed by atoms with van der Waals surface area (Å²) in [7, 11) is 0. The van der Waals surface area contributed by atoms with Gasteiger partial charge in [-0.15, -0.1) is 0 Å². The van der Waals surface area contributed by atoms with Crippen molar-refractivity contribution in [3.8, 4) is 0 Å². The molecule has 1 aromatic carbocycles. The van der Waals surface area contributed by atoms with Crippen molar-refractivity contribution in [1.82, 2.24) is 10.0 Å². The molecule has 0 aliphatic carbocycles. The van der Waals surface area contributed by atoms with Crippen LogP contribution in [0.4, 0.5) is 15.3 Å². The van der Waals surface area contributed by atoms with E-state index in [1.807, 2.05) is 0 Å². The number of carbonyl (C=O) groups excluding carboxylic acids is 4. The summed E-state index contributed by atoms with van der Waals surface area (Å²) < 4.78 is 20.8. The second-order valence-corrected chi connectivity index (χ2v) is 6.88. The number of carbonyl (C=O) groups is 4. The van der Waals surface area contributed by atoms with E-state index in [2.05, 4.69) is 5.32 Å². The fraction of sp³-hybridized carbons (Fsp3) is 0.455. The second kappa shape index (κ2) is 10.2. The fourth-order valence-electron chi connectivity index (χ4n) is 3.84. The first-order valence-corrected chi connectivity index (χ1v) is 10.8. The molecular formula is C22H27N3O8. The first kappa shape index (κ1) is 23.9. The predicted molar refractivity (Wildman–Crippen MR) is 116 cm³/mol. The minimum Gasteiger partial charge on any atom is -0.464 e. The summed E-state index contributed by atoms with van der Waals surface area (Å²) in [5, 5.41) is 4.84. The van der Waals surface area contributed by atoms with Crippen molar-refractivity contribution in [2.75, 3.05) is 31.7 Å². The number of anilines is 1. The Morgan fingerprint density at radius 1 is 0.818 bits per heavy atom. The van der Waals surface area contributed by atoms with Crippen LogP contribution in [-0.2, 0) is 28.5 Å². The number of benzene rings is 1. The quantitative estimate of drug-likeness (QED) is 0.503. The molecule has 0 bridgehead atoms. The van der Waals surface area contributed by atoms with Gasteiger partial charge in [-0.3, -0.25) is 0 Å². The summed E-state index contributed by atoms with van der Waals surface area (Å²) >= 11 is 0. The van der Waals surface area contributed by atoms with Crippen molar-refractivity contribution in [2.45, 2.75) is 39.9 Å². The molecule has 2 heterocycles. The molecule has 33 heavy (non-hydrogen) atoms. The normalized spacial score (nSPS) is 18.7. The van der Waals surface area contributed by atoms with Gasteiger partial charge in [0.1, 0.15) is 0 Å². The zero-order chi connectivity index (χ0) is 24.1. The van der Waals surface area contributed by atoms with E-state index >= 15 is 0 Å². The van der Waals surface area contributed by atoms with E-state index in [9.17, 15) is 19.2 Å². The molecule has 2 atom stereocenters. The predicted octanol–water partition coefficient (Wildman–Crippen LogP) is 2.53. The van der Waals surface area contributed by atoms with Gasteiger partial charge in [-0.1, -0.05) is 18.2 Å². The van der Waals surface area contributed by atoms with Crippen molar-refractivity contribution in [1.29, 1.82) is 0 Å². The molecule has 0 saturated carbocycles. The number of hydrazine groups is 1. The molecule has 0 spiro atoms. The van der Waals surface area contributed by atoms with Crippen LogP contribution < -0.4 is 5.32 Å². The Balaban J connectivity index is 2.33. The number of fused-ring (bicyclic) bond motifs is 3. The molecule has 0 aromatic heterocycles. The largest absolute Gasteiger partial charge is 0.464 e. The van der Waals surface area contributed by atoms with Gasteiger partial charge < -0.3 is 24.3 Å². The molecular weight excluding hydrogens is 434 g/mol. The highest BCUT2D eigenvalue weighted by Crippen LogP contribution is 2.44. The maximum atomic E-state index is 13.2. The molecule has 3 rings (SSSR count). The second-order valence-electron chi connectivity index (χ2n) is 6.88. The number of hydrogen-bond donors (Lipinski definition) is 1. The van der Waals surface area contributed by atoms with Crippen molar-refractivity contribution >= 4 is 35.4 Å². The highest BCUT2D eigenvalue weighted by Gasteiger charge is 2.55. The molecule has 2 amide bonds. The molecule has 0 radical (unpaired) electrons. The van der Waals surface area contributed by atoms with E-state index < -0.39 is 36.3 Å². The van der Waals surface area contributed by atoms with Crippen molar-refractivity contribution in [3.05, 3.63) is 35.4 Å². The average molecular weight is 461 g/mol. The first-order chi connectivity index (χ1) is 15.9. The van der Waals surface area contributed by atoms with E-state index in [-0.39, 0.29) is 32.0 Å². The number of amides is 2. The third kappa shape index (κ3) is 4.30. The summed E-state index contributed by atoms with van der Waals surface area (Å²) in [6.45, 7) is 6.39. The molecule has 1 N–H and O–H groups in total. The van der Waals surface area contributed by atoms with E-state index in [4.69, 9.17) is 18.9 Å². The number of nitrogens with one attached hydrogen (secondary N) is 1. The summed E-state index contributed by atoms with van der Waals surface area (Å²) in [5.74, 6) is -1.73. The fourth-order valence-corrected chi connectivity index (χ4v) is 3.84.